The highest BCUT2D eigenvalue weighted by Gasteiger charge is 2.18. The first-order valence-electron chi connectivity index (χ1n) is 7.25. The SMILES string of the molecule is CN(C)C(CN=C(N)NCC1CCC1)c1cnn(C)c1. The first-order chi connectivity index (χ1) is 9.56. The summed E-state index contributed by atoms with van der Waals surface area (Å²) in [6, 6.07) is 0.202. The van der Waals surface area contributed by atoms with Crippen molar-refractivity contribution in [1.82, 2.24) is 20.0 Å². The number of rotatable bonds is 6. The van der Waals surface area contributed by atoms with Gasteiger partial charge in [-0.2, -0.15) is 5.10 Å². The van der Waals surface area contributed by atoms with E-state index < -0.39 is 0 Å². The van der Waals surface area contributed by atoms with E-state index >= 15 is 0 Å². The molecule has 1 unspecified atom stereocenters. The van der Waals surface area contributed by atoms with Gasteiger partial charge in [0.05, 0.1) is 18.8 Å². The van der Waals surface area contributed by atoms with Crippen LogP contribution in [0.4, 0.5) is 0 Å². The second kappa shape index (κ2) is 6.74. The largest absolute Gasteiger partial charge is 0.370 e. The summed E-state index contributed by atoms with van der Waals surface area (Å²) in [5.41, 5.74) is 7.09. The van der Waals surface area contributed by atoms with Crippen molar-refractivity contribution in [2.24, 2.45) is 23.7 Å². The van der Waals surface area contributed by atoms with Crippen molar-refractivity contribution in [3.05, 3.63) is 18.0 Å². The van der Waals surface area contributed by atoms with Gasteiger partial charge in [0.1, 0.15) is 0 Å². The van der Waals surface area contributed by atoms with E-state index in [-0.39, 0.29) is 6.04 Å². The maximum atomic E-state index is 5.93. The third-order valence-corrected chi connectivity index (χ3v) is 3.96. The van der Waals surface area contributed by atoms with Gasteiger partial charge in [0, 0.05) is 25.4 Å². The van der Waals surface area contributed by atoms with Crippen molar-refractivity contribution in [2.75, 3.05) is 27.2 Å². The first kappa shape index (κ1) is 14.8. The normalized spacial score (nSPS) is 18.1. The zero-order valence-electron chi connectivity index (χ0n) is 12.7. The summed E-state index contributed by atoms with van der Waals surface area (Å²) in [6.45, 7) is 1.59. The van der Waals surface area contributed by atoms with Crippen LogP contribution in [0.2, 0.25) is 0 Å². The van der Waals surface area contributed by atoms with Crippen molar-refractivity contribution in [3.8, 4) is 0 Å². The summed E-state index contributed by atoms with van der Waals surface area (Å²) >= 11 is 0. The highest BCUT2D eigenvalue weighted by molar-refractivity contribution is 5.77. The summed E-state index contributed by atoms with van der Waals surface area (Å²) < 4.78 is 1.81. The molecule has 0 spiro atoms. The van der Waals surface area contributed by atoms with Crippen LogP contribution in [0.25, 0.3) is 0 Å². The predicted octanol–water partition coefficient (Wildman–Crippen LogP) is 0.727. The van der Waals surface area contributed by atoms with Gasteiger partial charge in [-0.3, -0.25) is 9.67 Å². The molecule has 6 heteroatoms. The van der Waals surface area contributed by atoms with Gasteiger partial charge in [-0.15, -0.1) is 0 Å². The highest BCUT2D eigenvalue weighted by Crippen LogP contribution is 2.25. The summed E-state index contributed by atoms with van der Waals surface area (Å²) in [7, 11) is 6.02. The van der Waals surface area contributed by atoms with Crippen LogP contribution in [0.1, 0.15) is 30.9 Å². The predicted molar refractivity (Wildman–Crippen MR) is 81.5 cm³/mol. The van der Waals surface area contributed by atoms with Crippen molar-refractivity contribution < 1.29 is 0 Å². The lowest BCUT2D eigenvalue weighted by molar-refractivity contribution is 0.305. The highest BCUT2D eigenvalue weighted by atomic mass is 15.2. The van der Waals surface area contributed by atoms with E-state index in [1.54, 1.807) is 0 Å². The molecule has 112 valence electrons. The van der Waals surface area contributed by atoms with Gasteiger partial charge in [-0.1, -0.05) is 6.42 Å². The van der Waals surface area contributed by atoms with Crippen LogP contribution < -0.4 is 11.1 Å². The van der Waals surface area contributed by atoms with E-state index in [1.165, 1.54) is 19.3 Å². The number of guanidine groups is 1. The summed E-state index contributed by atoms with van der Waals surface area (Å²) in [5, 5.41) is 7.44. The Bertz CT molecular complexity index is 446. The second-order valence-corrected chi connectivity index (χ2v) is 5.83. The number of hydrogen-bond acceptors (Lipinski definition) is 3. The van der Waals surface area contributed by atoms with E-state index in [0.717, 1.165) is 18.0 Å². The van der Waals surface area contributed by atoms with Gasteiger partial charge in [0.2, 0.25) is 0 Å². The molecule has 0 saturated heterocycles. The fraction of sp³-hybridized carbons (Fsp3) is 0.714. The van der Waals surface area contributed by atoms with E-state index in [0.29, 0.717) is 12.5 Å². The smallest absolute Gasteiger partial charge is 0.188 e. The van der Waals surface area contributed by atoms with Crippen molar-refractivity contribution >= 4 is 5.96 Å². The average molecular weight is 278 g/mol. The Morgan fingerprint density at radius 3 is 2.85 bits per heavy atom. The molecule has 3 N–H and O–H groups in total. The molecule has 0 aromatic carbocycles. The van der Waals surface area contributed by atoms with Gasteiger partial charge < -0.3 is 16.0 Å². The number of nitrogens with zero attached hydrogens (tertiary/aromatic N) is 4. The Kier molecular flexibility index (Phi) is 5.00. The monoisotopic (exact) mass is 278 g/mol. The lowest BCUT2D eigenvalue weighted by atomic mass is 9.85. The molecule has 1 aliphatic carbocycles. The number of hydrogen-bond donors (Lipinski definition) is 2. The van der Waals surface area contributed by atoms with E-state index in [4.69, 9.17) is 5.73 Å². The molecular weight excluding hydrogens is 252 g/mol. The van der Waals surface area contributed by atoms with Crippen LogP contribution in [0.5, 0.6) is 0 Å². The molecule has 20 heavy (non-hydrogen) atoms. The lowest BCUT2D eigenvalue weighted by Crippen LogP contribution is -2.38. The van der Waals surface area contributed by atoms with E-state index in [9.17, 15) is 0 Å². The molecule has 0 bridgehead atoms. The summed E-state index contributed by atoms with van der Waals surface area (Å²) in [4.78, 5) is 6.60. The van der Waals surface area contributed by atoms with Crippen molar-refractivity contribution in [3.63, 3.8) is 0 Å². The number of nitrogens with two attached hydrogens (primary N) is 1. The number of likely N-dealkylation sites (N-methyl/N-ethyl adjacent to an activating group) is 1. The molecule has 1 heterocycles. The Morgan fingerprint density at radius 1 is 1.60 bits per heavy atom. The standard InChI is InChI=1S/C14H26N6/c1-19(2)13(12-8-18-20(3)10-12)9-17-14(15)16-7-11-5-4-6-11/h8,10-11,13H,4-7,9H2,1-3H3,(H3,15,16,17). The maximum Gasteiger partial charge on any atom is 0.188 e. The molecule has 1 aromatic heterocycles. The summed E-state index contributed by atoms with van der Waals surface area (Å²) in [6.07, 6.45) is 7.90. The number of aromatic nitrogens is 2. The summed E-state index contributed by atoms with van der Waals surface area (Å²) in [5.74, 6) is 1.33. The van der Waals surface area contributed by atoms with Gasteiger partial charge >= 0.3 is 0 Å². The quantitative estimate of drug-likeness (QED) is 0.594. The average Bonchev–Trinajstić information content (AvgIpc) is 2.73. The topological polar surface area (TPSA) is 71.5 Å². The van der Waals surface area contributed by atoms with Gasteiger partial charge in [-0.05, 0) is 32.9 Å². The Morgan fingerprint density at radius 2 is 2.35 bits per heavy atom. The third kappa shape index (κ3) is 3.96. The van der Waals surface area contributed by atoms with E-state index in [1.807, 2.05) is 38.2 Å². The van der Waals surface area contributed by atoms with Crippen LogP contribution >= 0.6 is 0 Å². The Hall–Kier alpha value is -1.56. The van der Waals surface area contributed by atoms with Crippen molar-refractivity contribution in [1.29, 1.82) is 0 Å². The molecule has 0 aliphatic heterocycles. The second-order valence-electron chi connectivity index (χ2n) is 5.83. The minimum absolute atomic E-state index is 0.202. The molecule has 1 aromatic rings. The first-order valence-corrected chi connectivity index (χ1v) is 7.25. The molecule has 1 saturated carbocycles. The number of aryl methyl sites for hydroxylation is 1. The molecule has 1 atom stereocenters. The minimum atomic E-state index is 0.202. The molecular formula is C14H26N6. The maximum absolute atomic E-state index is 5.93. The van der Waals surface area contributed by atoms with E-state index in [2.05, 4.69) is 20.3 Å². The Labute approximate surface area is 121 Å². The van der Waals surface area contributed by atoms with Crippen LogP contribution in [0, 0.1) is 5.92 Å². The minimum Gasteiger partial charge on any atom is -0.370 e. The zero-order chi connectivity index (χ0) is 14.5. The van der Waals surface area contributed by atoms with Crippen LogP contribution in [0.3, 0.4) is 0 Å². The molecule has 1 aliphatic rings. The molecule has 0 amide bonds. The fourth-order valence-corrected chi connectivity index (χ4v) is 2.37. The molecule has 6 nitrogen and oxygen atoms in total. The van der Waals surface area contributed by atoms with Crippen LogP contribution in [-0.4, -0.2) is 47.8 Å². The van der Waals surface area contributed by atoms with Crippen LogP contribution in [0.15, 0.2) is 17.4 Å². The third-order valence-electron chi connectivity index (χ3n) is 3.96. The lowest BCUT2D eigenvalue weighted by Gasteiger charge is -2.26. The van der Waals surface area contributed by atoms with Crippen LogP contribution in [-0.2, 0) is 7.05 Å². The molecule has 1 fully saturated rings. The zero-order valence-corrected chi connectivity index (χ0v) is 12.7. The fourth-order valence-electron chi connectivity index (χ4n) is 2.37. The van der Waals surface area contributed by atoms with Gasteiger partial charge in [-0.25, -0.2) is 0 Å². The molecule has 0 radical (unpaired) electrons. The van der Waals surface area contributed by atoms with Crippen molar-refractivity contribution in [2.45, 2.75) is 25.3 Å². The number of nitrogens with one attached hydrogen (secondary N) is 1. The van der Waals surface area contributed by atoms with Gasteiger partial charge in [0.15, 0.2) is 5.96 Å². The number of aliphatic imine (C=N–C) groups is 1. The Balaban J connectivity index is 1.87. The van der Waals surface area contributed by atoms with Gasteiger partial charge in [0.25, 0.3) is 0 Å². The molecule has 2 rings (SSSR count).